The van der Waals surface area contributed by atoms with Gasteiger partial charge in [-0.1, -0.05) is 12.1 Å². The van der Waals surface area contributed by atoms with Gasteiger partial charge in [-0.2, -0.15) is 0 Å². The third kappa shape index (κ3) is 3.72. The first-order valence-electron chi connectivity index (χ1n) is 6.40. The highest BCUT2D eigenvalue weighted by molar-refractivity contribution is 5.94. The van der Waals surface area contributed by atoms with Gasteiger partial charge in [-0.25, -0.2) is 0 Å². The van der Waals surface area contributed by atoms with Gasteiger partial charge in [0.1, 0.15) is 0 Å². The maximum Gasteiger partial charge on any atom is 0.251 e. The normalized spacial score (nSPS) is 18.8. The molecule has 1 aliphatic rings. The average Bonchev–Trinajstić information content (AvgIpc) is 2.40. The van der Waals surface area contributed by atoms with Gasteiger partial charge in [-0.3, -0.25) is 4.79 Å². The monoisotopic (exact) mass is 268 g/mol. The summed E-state index contributed by atoms with van der Waals surface area (Å²) in [5.41, 5.74) is 2.09. The van der Waals surface area contributed by atoms with Gasteiger partial charge < -0.3 is 10.6 Å². The summed E-state index contributed by atoms with van der Waals surface area (Å²) < 4.78 is 0. The third-order valence-electron chi connectivity index (χ3n) is 3.28. The Morgan fingerprint density at radius 2 is 2.11 bits per heavy atom. The van der Waals surface area contributed by atoms with Crippen molar-refractivity contribution in [3.8, 4) is 0 Å². The van der Waals surface area contributed by atoms with E-state index in [1.165, 1.54) is 18.4 Å². The molecule has 1 fully saturated rings. The fraction of sp³-hybridized carbons (Fsp3) is 0.500. The number of amides is 1. The molecule has 0 bridgehead atoms. The van der Waals surface area contributed by atoms with Gasteiger partial charge in [0, 0.05) is 18.7 Å². The molecule has 3 nitrogen and oxygen atoms in total. The van der Waals surface area contributed by atoms with Crippen LogP contribution in [0.1, 0.15) is 41.6 Å². The van der Waals surface area contributed by atoms with Crippen LogP contribution in [-0.2, 0) is 0 Å². The Morgan fingerprint density at radius 1 is 1.39 bits per heavy atom. The molecule has 1 aromatic carbocycles. The Hall–Kier alpha value is -1.06. The molecule has 1 amide bonds. The lowest BCUT2D eigenvalue weighted by Gasteiger charge is -2.23. The van der Waals surface area contributed by atoms with Gasteiger partial charge in [-0.15, -0.1) is 12.4 Å². The lowest BCUT2D eigenvalue weighted by atomic mass is 9.91. The van der Waals surface area contributed by atoms with Crippen LogP contribution in [0.3, 0.4) is 0 Å². The molecule has 18 heavy (non-hydrogen) atoms. The van der Waals surface area contributed by atoms with Gasteiger partial charge in [0.15, 0.2) is 0 Å². The molecule has 4 heteroatoms. The maximum atomic E-state index is 11.6. The van der Waals surface area contributed by atoms with Crippen LogP contribution in [-0.4, -0.2) is 25.5 Å². The summed E-state index contributed by atoms with van der Waals surface area (Å²) >= 11 is 0. The molecule has 1 heterocycles. The highest BCUT2D eigenvalue weighted by atomic mass is 35.5. The van der Waals surface area contributed by atoms with E-state index in [9.17, 15) is 4.79 Å². The minimum Gasteiger partial charge on any atom is -0.352 e. The summed E-state index contributed by atoms with van der Waals surface area (Å²) in [7, 11) is 0. The van der Waals surface area contributed by atoms with Gasteiger partial charge in [0.05, 0.1) is 0 Å². The summed E-state index contributed by atoms with van der Waals surface area (Å²) in [6.45, 7) is 4.79. The highest BCUT2D eigenvalue weighted by Gasteiger charge is 2.15. The number of carbonyl (C=O) groups excluding carboxylic acids is 1. The molecule has 0 radical (unpaired) electrons. The van der Waals surface area contributed by atoms with Crippen molar-refractivity contribution in [3.05, 3.63) is 35.4 Å². The second-order valence-electron chi connectivity index (χ2n) is 4.52. The lowest BCUT2D eigenvalue weighted by molar-refractivity contribution is 0.0956. The number of halogens is 1. The largest absolute Gasteiger partial charge is 0.352 e. The van der Waals surface area contributed by atoms with Crippen LogP contribution in [0.25, 0.3) is 0 Å². The molecule has 2 rings (SSSR count). The van der Waals surface area contributed by atoms with E-state index in [2.05, 4.69) is 22.8 Å². The molecule has 1 saturated heterocycles. The van der Waals surface area contributed by atoms with Crippen LogP contribution in [0.4, 0.5) is 0 Å². The summed E-state index contributed by atoms with van der Waals surface area (Å²) in [5, 5.41) is 6.22. The molecular weight excluding hydrogens is 248 g/mol. The van der Waals surface area contributed by atoms with Crippen molar-refractivity contribution in [3.63, 3.8) is 0 Å². The molecule has 2 N–H and O–H groups in total. The highest BCUT2D eigenvalue weighted by Crippen LogP contribution is 2.23. The van der Waals surface area contributed by atoms with E-state index in [0.717, 1.165) is 18.7 Å². The molecule has 1 atom stereocenters. The van der Waals surface area contributed by atoms with E-state index in [-0.39, 0.29) is 18.3 Å². The average molecular weight is 269 g/mol. The topological polar surface area (TPSA) is 41.1 Å². The number of rotatable bonds is 3. The van der Waals surface area contributed by atoms with Crippen LogP contribution in [0.15, 0.2) is 24.3 Å². The van der Waals surface area contributed by atoms with Gasteiger partial charge in [0.25, 0.3) is 5.91 Å². The number of hydrogen-bond donors (Lipinski definition) is 2. The maximum absolute atomic E-state index is 11.6. The number of nitrogens with one attached hydrogen (secondary N) is 2. The number of hydrogen-bond acceptors (Lipinski definition) is 2. The SMILES string of the molecule is CCNC(=O)c1ccc(C2CCCNC2)cc1.Cl. The zero-order valence-corrected chi connectivity index (χ0v) is 11.6. The van der Waals surface area contributed by atoms with Crippen molar-refractivity contribution < 1.29 is 4.79 Å². The van der Waals surface area contributed by atoms with Crippen LogP contribution in [0.2, 0.25) is 0 Å². The van der Waals surface area contributed by atoms with Crippen molar-refractivity contribution in [2.24, 2.45) is 0 Å². The van der Waals surface area contributed by atoms with E-state index in [1.807, 2.05) is 19.1 Å². The second-order valence-corrected chi connectivity index (χ2v) is 4.52. The van der Waals surface area contributed by atoms with E-state index < -0.39 is 0 Å². The minimum atomic E-state index is 0. The predicted molar refractivity (Wildman–Crippen MR) is 76.5 cm³/mol. The minimum absolute atomic E-state index is 0. The van der Waals surface area contributed by atoms with Crippen LogP contribution < -0.4 is 10.6 Å². The van der Waals surface area contributed by atoms with E-state index in [1.54, 1.807) is 0 Å². The summed E-state index contributed by atoms with van der Waals surface area (Å²) in [6.07, 6.45) is 2.48. The molecule has 0 aliphatic carbocycles. The zero-order chi connectivity index (χ0) is 12.1. The first kappa shape index (κ1) is 15.0. The van der Waals surface area contributed by atoms with Crippen LogP contribution >= 0.6 is 12.4 Å². The van der Waals surface area contributed by atoms with Gasteiger partial charge >= 0.3 is 0 Å². The third-order valence-corrected chi connectivity index (χ3v) is 3.28. The molecular formula is C14H21ClN2O. The van der Waals surface area contributed by atoms with Crippen LogP contribution in [0.5, 0.6) is 0 Å². The molecule has 100 valence electrons. The Labute approximate surface area is 115 Å². The number of piperidine rings is 1. The van der Waals surface area contributed by atoms with Crippen LogP contribution in [0, 0.1) is 0 Å². The van der Waals surface area contributed by atoms with E-state index in [4.69, 9.17) is 0 Å². The zero-order valence-electron chi connectivity index (χ0n) is 10.7. The number of carbonyl (C=O) groups is 1. The van der Waals surface area contributed by atoms with Gasteiger partial charge in [0.2, 0.25) is 0 Å². The second kappa shape index (κ2) is 7.39. The molecule has 0 aromatic heterocycles. The Bertz CT molecular complexity index is 372. The summed E-state index contributed by atoms with van der Waals surface area (Å²) in [4.78, 5) is 11.6. The molecule has 1 aromatic rings. The van der Waals surface area contributed by atoms with Crippen molar-refractivity contribution in [2.75, 3.05) is 19.6 Å². The quantitative estimate of drug-likeness (QED) is 0.883. The van der Waals surface area contributed by atoms with Crippen molar-refractivity contribution in [2.45, 2.75) is 25.7 Å². The molecule has 0 spiro atoms. The fourth-order valence-electron chi connectivity index (χ4n) is 2.31. The van der Waals surface area contributed by atoms with E-state index in [0.29, 0.717) is 12.5 Å². The Balaban J connectivity index is 0.00000162. The summed E-state index contributed by atoms with van der Waals surface area (Å²) in [6, 6.07) is 8.02. The number of benzene rings is 1. The molecule has 1 unspecified atom stereocenters. The molecule has 0 saturated carbocycles. The van der Waals surface area contributed by atoms with Crippen molar-refractivity contribution in [1.82, 2.24) is 10.6 Å². The Morgan fingerprint density at radius 3 is 2.67 bits per heavy atom. The fourth-order valence-corrected chi connectivity index (χ4v) is 2.31. The molecule has 1 aliphatic heterocycles. The van der Waals surface area contributed by atoms with Crippen molar-refractivity contribution >= 4 is 18.3 Å². The first-order valence-corrected chi connectivity index (χ1v) is 6.40. The summed E-state index contributed by atoms with van der Waals surface area (Å²) in [5.74, 6) is 0.618. The van der Waals surface area contributed by atoms with Gasteiger partial charge in [-0.05, 0) is 49.9 Å². The lowest BCUT2D eigenvalue weighted by Crippen LogP contribution is -2.28. The smallest absolute Gasteiger partial charge is 0.251 e. The van der Waals surface area contributed by atoms with E-state index >= 15 is 0 Å². The predicted octanol–water partition coefficient (Wildman–Crippen LogP) is 2.33. The van der Waals surface area contributed by atoms with Crippen molar-refractivity contribution in [1.29, 1.82) is 0 Å². The Kier molecular flexibility index (Phi) is 6.16. The standard InChI is InChI=1S/C14H20N2O.ClH/c1-2-16-14(17)12-7-5-11(6-8-12)13-4-3-9-15-10-13;/h5-8,13,15H,2-4,9-10H2,1H3,(H,16,17);1H. The first-order chi connectivity index (χ1) is 8.31.